The molecule has 0 aromatic carbocycles. The highest BCUT2D eigenvalue weighted by atomic mass is 16.5. The summed E-state index contributed by atoms with van der Waals surface area (Å²) in [5.74, 6) is 1.88. The monoisotopic (exact) mass is 278 g/mol. The van der Waals surface area contributed by atoms with Crippen molar-refractivity contribution in [3.63, 3.8) is 0 Å². The van der Waals surface area contributed by atoms with Gasteiger partial charge in [-0.3, -0.25) is 4.79 Å². The molecule has 0 bridgehead atoms. The zero-order valence-electron chi connectivity index (χ0n) is 12.7. The number of amides is 1. The second-order valence-electron chi connectivity index (χ2n) is 5.95. The Morgan fingerprint density at radius 2 is 2.10 bits per heavy atom. The summed E-state index contributed by atoms with van der Waals surface area (Å²) < 4.78 is 5.10. The average Bonchev–Trinajstić information content (AvgIpc) is 3.04. The van der Waals surface area contributed by atoms with E-state index < -0.39 is 0 Å². The third kappa shape index (κ3) is 4.36. The Labute approximate surface area is 121 Å². The Bertz CT molecular complexity index is 414. The van der Waals surface area contributed by atoms with Crippen LogP contribution in [0.3, 0.4) is 0 Å². The van der Waals surface area contributed by atoms with Gasteiger partial charge < -0.3 is 9.84 Å². The Kier molecular flexibility index (Phi) is 5.62. The van der Waals surface area contributed by atoms with Crippen LogP contribution in [0.2, 0.25) is 0 Å². The number of aromatic nitrogens is 1. The van der Waals surface area contributed by atoms with Crippen LogP contribution in [-0.2, 0) is 11.2 Å². The zero-order chi connectivity index (χ0) is 14.4. The van der Waals surface area contributed by atoms with Crippen LogP contribution >= 0.6 is 0 Å². The van der Waals surface area contributed by atoms with E-state index in [-0.39, 0.29) is 5.91 Å². The van der Waals surface area contributed by atoms with Gasteiger partial charge in [-0.2, -0.15) is 0 Å². The molecule has 0 unspecified atom stereocenters. The highest BCUT2D eigenvalue weighted by Crippen LogP contribution is 2.28. The summed E-state index contributed by atoms with van der Waals surface area (Å²) in [6.45, 7) is 4.64. The number of nitrogens with one attached hydrogen (secondary N) is 1. The van der Waals surface area contributed by atoms with Crippen LogP contribution in [0, 0.1) is 19.8 Å². The molecular formula is C16H26N2O2. The molecule has 1 N–H and O–H groups in total. The van der Waals surface area contributed by atoms with E-state index in [1.807, 2.05) is 13.8 Å². The SMILES string of the molecule is Cc1noc(C)c1CCC(=O)NCCCC1CCCC1. The fraction of sp³-hybridized carbons (Fsp3) is 0.750. The van der Waals surface area contributed by atoms with Crippen LogP contribution in [-0.4, -0.2) is 17.6 Å². The Balaban J connectivity index is 1.58. The van der Waals surface area contributed by atoms with Gasteiger partial charge in [-0.05, 0) is 39.0 Å². The fourth-order valence-corrected chi connectivity index (χ4v) is 3.10. The van der Waals surface area contributed by atoms with Gasteiger partial charge in [-0.1, -0.05) is 30.8 Å². The predicted molar refractivity (Wildman–Crippen MR) is 78.5 cm³/mol. The molecule has 1 fully saturated rings. The summed E-state index contributed by atoms with van der Waals surface area (Å²) in [6.07, 6.45) is 9.19. The Hall–Kier alpha value is -1.32. The van der Waals surface area contributed by atoms with Crippen molar-refractivity contribution in [2.45, 2.75) is 65.2 Å². The standard InChI is InChI=1S/C16H26N2O2/c1-12-15(13(2)20-18-12)9-10-16(19)17-11-5-8-14-6-3-4-7-14/h14H,3-11H2,1-2H3,(H,17,19). The minimum absolute atomic E-state index is 0.136. The van der Waals surface area contributed by atoms with Gasteiger partial charge >= 0.3 is 0 Å². The third-order valence-electron chi connectivity index (χ3n) is 4.37. The maximum Gasteiger partial charge on any atom is 0.220 e. The lowest BCUT2D eigenvalue weighted by atomic mass is 10.0. The van der Waals surface area contributed by atoms with E-state index in [4.69, 9.17) is 4.52 Å². The highest BCUT2D eigenvalue weighted by molar-refractivity contribution is 5.76. The van der Waals surface area contributed by atoms with E-state index >= 15 is 0 Å². The van der Waals surface area contributed by atoms with Crippen molar-refractivity contribution in [2.75, 3.05) is 6.54 Å². The molecule has 2 rings (SSSR count). The van der Waals surface area contributed by atoms with Crippen LogP contribution in [0.4, 0.5) is 0 Å². The Morgan fingerprint density at radius 3 is 2.75 bits per heavy atom. The first-order chi connectivity index (χ1) is 9.66. The van der Waals surface area contributed by atoms with Crippen LogP contribution in [0.25, 0.3) is 0 Å². The van der Waals surface area contributed by atoms with E-state index in [1.165, 1.54) is 32.1 Å². The maximum atomic E-state index is 11.8. The fourth-order valence-electron chi connectivity index (χ4n) is 3.10. The largest absolute Gasteiger partial charge is 0.361 e. The molecule has 1 saturated carbocycles. The summed E-state index contributed by atoms with van der Waals surface area (Å²) in [6, 6.07) is 0. The number of nitrogens with zero attached hydrogens (tertiary/aromatic N) is 1. The molecule has 0 spiro atoms. The van der Waals surface area contributed by atoms with E-state index in [2.05, 4.69) is 10.5 Å². The molecule has 0 radical (unpaired) electrons. The van der Waals surface area contributed by atoms with Crippen molar-refractivity contribution >= 4 is 5.91 Å². The quantitative estimate of drug-likeness (QED) is 0.778. The van der Waals surface area contributed by atoms with Gasteiger partial charge in [0, 0.05) is 18.5 Å². The summed E-state index contributed by atoms with van der Waals surface area (Å²) in [4.78, 5) is 11.8. The summed E-state index contributed by atoms with van der Waals surface area (Å²) in [7, 11) is 0. The van der Waals surface area contributed by atoms with Crippen molar-refractivity contribution in [3.8, 4) is 0 Å². The molecule has 0 aliphatic heterocycles. The van der Waals surface area contributed by atoms with Gasteiger partial charge in [-0.25, -0.2) is 0 Å². The lowest BCUT2D eigenvalue weighted by Crippen LogP contribution is -2.25. The molecule has 112 valence electrons. The smallest absolute Gasteiger partial charge is 0.220 e. The second kappa shape index (κ2) is 7.46. The minimum Gasteiger partial charge on any atom is -0.361 e. The zero-order valence-corrected chi connectivity index (χ0v) is 12.7. The lowest BCUT2D eigenvalue weighted by Gasteiger charge is -2.09. The summed E-state index contributed by atoms with van der Waals surface area (Å²) in [5, 5.41) is 6.92. The van der Waals surface area contributed by atoms with Crippen molar-refractivity contribution in [1.29, 1.82) is 0 Å². The number of rotatable bonds is 7. The molecule has 0 saturated heterocycles. The van der Waals surface area contributed by atoms with Crippen molar-refractivity contribution in [2.24, 2.45) is 5.92 Å². The number of carbonyl (C=O) groups is 1. The first-order valence-corrected chi connectivity index (χ1v) is 7.85. The van der Waals surface area contributed by atoms with Gasteiger partial charge in [0.15, 0.2) is 0 Å². The van der Waals surface area contributed by atoms with Crippen LogP contribution in [0.5, 0.6) is 0 Å². The molecule has 1 aliphatic rings. The summed E-state index contributed by atoms with van der Waals surface area (Å²) in [5.41, 5.74) is 1.97. The molecule has 1 aromatic heterocycles. The van der Waals surface area contributed by atoms with Crippen LogP contribution in [0.15, 0.2) is 4.52 Å². The predicted octanol–water partition coefficient (Wildman–Crippen LogP) is 3.31. The number of aryl methyl sites for hydroxylation is 2. The topological polar surface area (TPSA) is 55.1 Å². The number of hydrogen-bond donors (Lipinski definition) is 1. The van der Waals surface area contributed by atoms with Gasteiger partial charge in [0.25, 0.3) is 0 Å². The van der Waals surface area contributed by atoms with E-state index in [0.717, 1.165) is 42.3 Å². The first kappa shape index (κ1) is 15.1. The number of carbonyl (C=O) groups excluding carboxylic acids is 1. The van der Waals surface area contributed by atoms with Crippen molar-refractivity contribution in [3.05, 3.63) is 17.0 Å². The molecule has 4 nitrogen and oxygen atoms in total. The van der Waals surface area contributed by atoms with E-state index in [9.17, 15) is 4.79 Å². The summed E-state index contributed by atoms with van der Waals surface area (Å²) >= 11 is 0. The average molecular weight is 278 g/mol. The number of hydrogen-bond acceptors (Lipinski definition) is 3. The molecule has 1 heterocycles. The molecule has 0 atom stereocenters. The van der Waals surface area contributed by atoms with Gasteiger partial charge in [0.2, 0.25) is 5.91 Å². The first-order valence-electron chi connectivity index (χ1n) is 7.85. The molecule has 1 aromatic rings. The lowest BCUT2D eigenvalue weighted by molar-refractivity contribution is -0.121. The minimum atomic E-state index is 0.136. The molecule has 1 amide bonds. The van der Waals surface area contributed by atoms with Gasteiger partial charge in [-0.15, -0.1) is 0 Å². The molecule has 20 heavy (non-hydrogen) atoms. The molecule has 1 aliphatic carbocycles. The second-order valence-corrected chi connectivity index (χ2v) is 5.95. The van der Waals surface area contributed by atoms with Crippen LogP contribution < -0.4 is 5.32 Å². The van der Waals surface area contributed by atoms with Crippen molar-refractivity contribution < 1.29 is 9.32 Å². The maximum absolute atomic E-state index is 11.8. The Morgan fingerprint density at radius 1 is 1.35 bits per heavy atom. The van der Waals surface area contributed by atoms with Gasteiger partial charge in [0.05, 0.1) is 5.69 Å². The van der Waals surface area contributed by atoms with Crippen LogP contribution in [0.1, 0.15) is 62.0 Å². The van der Waals surface area contributed by atoms with E-state index in [0.29, 0.717) is 6.42 Å². The van der Waals surface area contributed by atoms with E-state index in [1.54, 1.807) is 0 Å². The molecule has 4 heteroatoms. The van der Waals surface area contributed by atoms with Crippen molar-refractivity contribution in [1.82, 2.24) is 10.5 Å². The normalized spacial score (nSPS) is 15.7. The van der Waals surface area contributed by atoms with Gasteiger partial charge in [0.1, 0.15) is 5.76 Å². The highest BCUT2D eigenvalue weighted by Gasteiger charge is 2.14. The third-order valence-corrected chi connectivity index (χ3v) is 4.37. The molecular weight excluding hydrogens is 252 g/mol.